The van der Waals surface area contributed by atoms with Crippen molar-refractivity contribution in [2.45, 2.75) is 6.92 Å². The number of hydrogen-bond acceptors (Lipinski definition) is 3. The van der Waals surface area contributed by atoms with Crippen molar-refractivity contribution >= 4 is 17.3 Å². The third-order valence-electron chi connectivity index (χ3n) is 3.33. The Bertz CT molecular complexity index is 741. The molecule has 0 aliphatic heterocycles. The van der Waals surface area contributed by atoms with Crippen LogP contribution in [-0.2, 0) is 0 Å². The normalized spacial score (nSPS) is 12.9. The Kier molecular flexibility index (Phi) is 2.42. The van der Waals surface area contributed by atoms with Crippen molar-refractivity contribution in [3.05, 3.63) is 70.3 Å². The first-order chi connectivity index (χ1) is 9.11. The van der Waals surface area contributed by atoms with Crippen molar-refractivity contribution in [2.24, 2.45) is 0 Å². The highest BCUT2D eigenvalue weighted by molar-refractivity contribution is 6.30. The van der Waals surface area contributed by atoms with Crippen LogP contribution in [0.1, 0.15) is 49.1 Å². The van der Waals surface area contributed by atoms with Crippen molar-refractivity contribution in [2.75, 3.05) is 0 Å². The van der Waals surface area contributed by atoms with E-state index in [1.807, 2.05) is 0 Å². The lowest BCUT2D eigenvalue weighted by molar-refractivity contribution is 0.0967. The van der Waals surface area contributed by atoms with E-state index in [0.717, 1.165) is 0 Å². The van der Waals surface area contributed by atoms with Crippen LogP contribution < -0.4 is 0 Å². The molecule has 0 saturated heterocycles. The molecule has 0 heterocycles. The van der Waals surface area contributed by atoms with Crippen molar-refractivity contribution in [3.63, 3.8) is 0 Å². The van der Waals surface area contributed by atoms with E-state index in [2.05, 4.69) is 0 Å². The lowest BCUT2D eigenvalue weighted by Crippen LogP contribution is -2.23. The number of benzene rings is 2. The van der Waals surface area contributed by atoms with Gasteiger partial charge in [0, 0.05) is 27.8 Å². The van der Waals surface area contributed by atoms with Gasteiger partial charge in [-0.1, -0.05) is 42.5 Å². The molecule has 3 rings (SSSR count). The van der Waals surface area contributed by atoms with E-state index in [1.54, 1.807) is 42.5 Å². The molecule has 0 bridgehead atoms. The largest absolute Gasteiger partial charge is 0.294 e. The van der Waals surface area contributed by atoms with Gasteiger partial charge in [-0.05, 0) is 6.92 Å². The molecule has 0 N–H and O–H groups in total. The molecule has 0 radical (unpaired) electrons. The molecule has 92 valence electrons. The smallest absolute Gasteiger partial charge is 0.195 e. The molecule has 0 spiro atoms. The highest BCUT2D eigenvalue weighted by Crippen LogP contribution is 2.29. The van der Waals surface area contributed by atoms with Crippen LogP contribution in [-0.4, -0.2) is 17.3 Å². The van der Waals surface area contributed by atoms with Crippen LogP contribution in [0.4, 0.5) is 0 Å². The molecule has 0 amide bonds. The summed E-state index contributed by atoms with van der Waals surface area (Å²) in [6, 6.07) is 11.5. The van der Waals surface area contributed by atoms with Crippen LogP contribution in [0, 0.1) is 0 Å². The van der Waals surface area contributed by atoms with Gasteiger partial charge in [-0.15, -0.1) is 0 Å². The standard InChI is InChI=1S/C16H10O3/c1-9(17)10-7-4-8-13-14(10)16(19)12-6-3-2-5-11(12)15(13)18/h2-8H,1H3. The SMILES string of the molecule is CC(=O)c1cccc2c1C(=O)c1ccccc1C2=O. The number of rotatable bonds is 1. The summed E-state index contributed by atoms with van der Waals surface area (Å²) in [4.78, 5) is 36.5. The maximum absolute atomic E-state index is 12.5. The topological polar surface area (TPSA) is 51.2 Å². The van der Waals surface area contributed by atoms with Gasteiger partial charge in [-0.25, -0.2) is 0 Å². The number of carbonyl (C=O) groups excluding carboxylic acids is 3. The van der Waals surface area contributed by atoms with Crippen LogP contribution in [0.5, 0.6) is 0 Å². The minimum atomic E-state index is -0.254. The highest BCUT2D eigenvalue weighted by atomic mass is 16.1. The monoisotopic (exact) mass is 250 g/mol. The average Bonchev–Trinajstić information content (AvgIpc) is 2.44. The van der Waals surface area contributed by atoms with Gasteiger partial charge in [0.25, 0.3) is 0 Å². The first-order valence-corrected chi connectivity index (χ1v) is 5.93. The minimum Gasteiger partial charge on any atom is -0.294 e. The number of Topliss-reactive ketones (excluding diaryl/α,β-unsaturated/α-hetero) is 1. The lowest BCUT2D eigenvalue weighted by Gasteiger charge is -2.18. The first-order valence-electron chi connectivity index (χ1n) is 5.93. The van der Waals surface area contributed by atoms with Crippen molar-refractivity contribution in [1.82, 2.24) is 0 Å². The summed E-state index contributed by atoms with van der Waals surface area (Å²) in [5.41, 5.74) is 1.63. The Morgan fingerprint density at radius 3 is 2.00 bits per heavy atom. The van der Waals surface area contributed by atoms with Crippen LogP contribution in [0.3, 0.4) is 0 Å². The van der Waals surface area contributed by atoms with Crippen LogP contribution in [0.2, 0.25) is 0 Å². The summed E-state index contributed by atoms with van der Waals surface area (Å²) in [5, 5.41) is 0. The van der Waals surface area contributed by atoms with E-state index in [0.29, 0.717) is 22.3 Å². The average molecular weight is 250 g/mol. The minimum absolute atomic E-state index is 0.201. The maximum Gasteiger partial charge on any atom is 0.195 e. The maximum atomic E-state index is 12.5. The third-order valence-corrected chi connectivity index (χ3v) is 3.33. The van der Waals surface area contributed by atoms with Gasteiger partial charge < -0.3 is 0 Å². The summed E-state index contributed by atoms with van der Waals surface area (Å²) in [5.74, 6) is -0.665. The molecule has 0 atom stereocenters. The fourth-order valence-corrected chi connectivity index (χ4v) is 2.44. The van der Waals surface area contributed by atoms with Crippen molar-refractivity contribution in [1.29, 1.82) is 0 Å². The Morgan fingerprint density at radius 1 is 0.789 bits per heavy atom. The van der Waals surface area contributed by atoms with E-state index < -0.39 is 0 Å². The first kappa shape index (κ1) is 11.5. The van der Waals surface area contributed by atoms with Gasteiger partial charge in [-0.3, -0.25) is 14.4 Å². The second-order valence-electron chi connectivity index (χ2n) is 4.49. The molecule has 3 nitrogen and oxygen atoms in total. The van der Waals surface area contributed by atoms with Crippen molar-refractivity contribution in [3.8, 4) is 0 Å². The van der Waals surface area contributed by atoms with Crippen molar-refractivity contribution < 1.29 is 14.4 Å². The molecule has 1 aliphatic rings. The van der Waals surface area contributed by atoms with E-state index in [1.165, 1.54) is 6.92 Å². The summed E-state index contributed by atoms with van der Waals surface area (Å²) in [6.07, 6.45) is 0. The van der Waals surface area contributed by atoms with Crippen LogP contribution >= 0.6 is 0 Å². The molecule has 2 aromatic carbocycles. The van der Waals surface area contributed by atoms with E-state index in [-0.39, 0.29) is 22.9 Å². The Balaban J connectivity index is 2.36. The zero-order chi connectivity index (χ0) is 13.6. The number of ketones is 3. The molecule has 0 fully saturated rings. The quantitative estimate of drug-likeness (QED) is 0.624. The Morgan fingerprint density at radius 2 is 1.37 bits per heavy atom. The third kappa shape index (κ3) is 1.55. The molecule has 19 heavy (non-hydrogen) atoms. The van der Waals surface area contributed by atoms with E-state index in [4.69, 9.17) is 0 Å². The van der Waals surface area contributed by atoms with Gasteiger partial charge in [0.2, 0.25) is 0 Å². The Hall–Kier alpha value is -2.55. The van der Waals surface area contributed by atoms with E-state index in [9.17, 15) is 14.4 Å². The molecular weight excluding hydrogens is 240 g/mol. The molecular formula is C16H10O3. The number of fused-ring (bicyclic) bond motifs is 2. The second-order valence-corrected chi connectivity index (χ2v) is 4.49. The van der Waals surface area contributed by atoms with Gasteiger partial charge in [0.15, 0.2) is 17.3 Å². The summed E-state index contributed by atoms with van der Waals surface area (Å²) >= 11 is 0. The van der Waals surface area contributed by atoms with Crippen LogP contribution in [0.25, 0.3) is 0 Å². The molecule has 0 unspecified atom stereocenters. The Labute approximate surface area is 109 Å². The molecule has 1 aliphatic carbocycles. The number of hydrogen-bond donors (Lipinski definition) is 0. The van der Waals surface area contributed by atoms with Gasteiger partial charge in [-0.2, -0.15) is 0 Å². The van der Waals surface area contributed by atoms with E-state index >= 15 is 0 Å². The zero-order valence-corrected chi connectivity index (χ0v) is 10.3. The van der Waals surface area contributed by atoms with Crippen LogP contribution in [0.15, 0.2) is 42.5 Å². The molecule has 0 saturated carbocycles. The van der Waals surface area contributed by atoms with Gasteiger partial charge >= 0.3 is 0 Å². The summed E-state index contributed by atoms with van der Waals surface area (Å²) in [7, 11) is 0. The zero-order valence-electron chi connectivity index (χ0n) is 10.3. The molecule has 3 heteroatoms. The predicted octanol–water partition coefficient (Wildman–Crippen LogP) is 2.66. The second kappa shape index (κ2) is 3.99. The fourth-order valence-electron chi connectivity index (χ4n) is 2.44. The lowest BCUT2D eigenvalue weighted by atomic mass is 9.81. The summed E-state index contributed by atoms with van der Waals surface area (Å²) < 4.78 is 0. The molecule has 2 aromatic rings. The highest BCUT2D eigenvalue weighted by Gasteiger charge is 2.31. The predicted molar refractivity (Wildman–Crippen MR) is 69.8 cm³/mol. The van der Waals surface area contributed by atoms with Gasteiger partial charge in [0.05, 0.1) is 0 Å². The molecule has 0 aromatic heterocycles. The fraction of sp³-hybridized carbons (Fsp3) is 0.0625. The van der Waals surface area contributed by atoms with Gasteiger partial charge in [0.1, 0.15) is 0 Å². The number of carbonyl (C=O) groups is 3. The summed E-state index contributed by atoms with van der Waals surface area (Å²) in [6.45, 7) is 1.40.